The second kappa shape index (κ2) is 5.71. The van der Waals surface area contributed by atoms with Crippen LogP contribution in [-0.2, 0) is 0 Å². The molecule has 16 heavy (non-hydrogen) atoms. The average Bonchev–Trinajstić information content (AvgIpc) is 2.35. The van der Waals surface area contributed by atoms with E-state index in [0.29, 0.717) is 18.7 Å². The van der Waals surface area contributed by atoms with Crippen LogP contribution < -0.4 is 5.32 Å². The Morgan fingerprint density at radius 3 is 2.88 bits per heavy atom. The first-order valence-electron chi connectivity index (χ1n) is 4.95. The number of hydrogen-bond donors (Lipinski definition) is 1. The van der Waals surface area contributed by atoms with Crippen molar-refractivity contribution in [3.8, 4) is 6.07 Å². The number of anilines is 1. The number of carbonyl (C=O) groups is 1. The molecular weight excluding hydrogens is 204 g/mol. The third-order valence-electron chi connectivity index (χ3n) is 2.18. The molecule has 0 aliphatic rings. The molecule has 0 radical (unpaired) electrons. The minimum Gasteiger partial charge on any atom is -0.387 e. The van der Waals surface area contributed by atoms with Gasteiger partial charge in [0.05, 0.1) is 24.4 Å². The summed E-state index contributed by atoms with van der Waals surface area (Å²) in [6.07, 6.45) is 1.93. The number of nitrogens with zero attached hydrogens (tertiary/aromatic N) is 3. The van der Waals surface area contributed by atoms with E-state index in [2.05, 4.69) is 10.3 Å². The zero-order chi connectivity index (χ0) is 12.0. The second-order valence-corrected chi connectivity index (χ2v) is 3.32. The number of nitriles is 1. The molecule has 0 aliphatic carbocycles. The number of nitrogens with one attached hydrogen (secondary N) is 1. The molecule has 0 unspecified atom stereocenters. The molecule has 0 aromatic carbocycles. The molecule has 0 saturated carbocycles. The predicted octanol–water partition coefficient (Wildman–Crippen LogP) is 1.11. The van der Waals surface area contributed by atoms with Crippen LogP contribution in [0.3, 0.4) is 0 Å². The van der Waals surface area contributed by atoms with Crippen LogP contribution in [0.4, 0.5) is 5.69 Å². The Hall–Kier alpha value is -2.09. The zero-order valence-corrected chi connectivity index (χ0v) is 9.40. The van der Waals surface area contributed by atoms with Gasteiger partial charge < -0.3 is 10.2 Å². The Morgan fingerprint density at radius 1 is 1.62 bits per heavy atom. The lowest BCUT2D eigenvalue weighted by molar-refractivity contribution is 0.0792. The molecule has 1 aromatic heterocycles. The fourth-order valence-corrected chi connectivity index (χ4v) is 1.18. The Balaban J connectivity index is 2.69. The van der Waals surface area contributed by atoms with Crippen molar-refractivity contribution >= 4 is 11.6 Å². The fraction of sp³-hybridized carbons (Fsp3) is 0.364. The minimum atomic E-state index is -0.169. The van der Waals surface area contributed by atoms with Gasteiger partial charge in [0, 0.05) is 20.6 Å². The molecule has 5 heteroatoms. The number of hydrogen-bond acceptors (Lipinski definition) is 4. The standard InChI is InChI=1S/C11H14N4O/c1-13-9-4-5-10(14-8-9)11(16)15(2)7-3-6-12/h4-5,8,13H,3,7H2,1-2H3. The van der Waals surface area contributed by atoms with E-state index < -0.39 is 0 Å². The molecule has 1 N–H and O–H groups in total. The van der Waals surface area contributed by atoms with Crippen LogP contribution in [0, 0.1) is 11.3 Å². The van der Waals surface area contributed by atoms with E-state index in [1.807, 2.05) is 6.07 Å². The lowest BCUT2D eigenvalue weighted by Crippen LogP contribution is -2.28. The van der Waals surface area contributed by atoms with Gasteiger partial charge in [-0.25, -0.2) is 4.98 Å². The predicted molar refractivity (Wildman–Crippen MR) is 61.0 cm³/mol. The van der Waals surface area contributed by atoms with Gasteiger partial charge in [-0.15, -0.1) is 0 Å². The molecule has 1 rings (SSSR count). The molecule has 1 aromatic rings. The van der Waals surface area contributed by atoms with Gasteiger partial charge in [0.25, 0.3) is 5.91 Å². The van der Waals surface area contributed by atoms with Gasteiger partial charge in [-0.1, -0.05) is 0 Å². The van der Waals surface area contributed by atoms with Crippen molar-refractivity contribution in [2.75, 3.05) is 26.0 Å². The van der Waals surface area contributed by atoms with Crippen LogP contribution in [0.25, 0.3) is 0 Å². The SMILES string of the molecule is CNc1ccc(C(=O)N(C)CCC#N)nc1. The maximum atomic E-state index is 11.8. The lowest BCUT2D eigenvalue weighted by atomic mass is 10.3. The minimum absolute atomic E-state index is 0.169. The smallest absolute Gasteiger partial charge is 0.272 e. The Morgan fingerprint density at radius 2 is 2.38 bits per heavy atom. The molecule has 1 amide bonds. The van der Waals surface area contributed by atoms with E-state index in [-0.39, 0.29) is 5.91 Å². The van der Waals surface area contributed by atoms with Gasteiger partial charge in [-0.05, 0) is 12.1 Å². The lowest BCUT2D eigenvalue weighted by Gasteiger charge is -2.14. The third-order valence-corrected chi connectivity index (χ3v) is 2.18. The third kappa shape index (κ3) is 2.95. The van der Waals surface area contributed by atoms with Crippen molar-refractivity contribution in [1.29, 1.82) is 5.26 Å². The summed E-state index contributed by atoms with van der Waals surface area (Å²) < 4.78 is 0. The molecule has 0 atom stereocenters. The van der Waals surface area contributed by atoms with Gasteiger partial charge in [0.15, 0.2) is 0 Å². The summed E-state index contributed by atoms with van der Waals surface area (Å²) >= 11 is 0. The number of carbonyl (C=O) groups excluding carboxylic acids is 1. The first-order chi connectivity index (χ1) is 7.69. The van der Waals surface area contributed by atoms with Gasteiger partial charge in [0.2, 0.25) is 0 Å². The Labute approximate surface area is 94.7 Å². The topological polar surface area (TPSA) is 69.0 Å². The number of rotatable bonds is 4. The maximum absolute atomic E-state index is 11.8. The van der Waals surface area contributed by atoms with E-state index in [1.54, 1.807) is 32.4 Å². The summed E-state index contributed by atoms with van der Waals surface area (Å²) in [5.74, 6) is -0.169. The fourth-order valence-electron chi connectivity index (χ4n) is 1.18. The molecule has 84 valence electrons. The van der Waals surface area contributed by atoms with Gasteiger partial charge in [-0.2, -0.15) is 5.26 Å². The quantitative estimate of drug-likeness (QED) is 0.821. The van der Waals surface area contributed by atoms with E-state index >= 15 is 0 Å². The van der Waals surface area contributed by atoms with Gasteiger partial charge in [-0.3, -0.25) is 4.79 Å². The summed E-state index contributed by atoms with van der Waals surface area (Å²) in [7, 11) is 3.45. The van der Waals surface area contributed by atoms with E-state index in [9.17, 15) is 4.79 Å². The Kier molecular flexibility index (Phi) is 4.28. The van der Waals surface area contributed by atoms with E-state index in [0.717, 1.165) is 5.69 Å². The van der Waals surface area contributed by atoms with Crippen molar-refractivity contribution in [3.63, 3.8) is 0 Å². The van der Waals surface area contributed by atoms with Crippen LogP contribution in [0.15, 0.2) is 18.3 Å². The highest BCUT2D eigenvalue weighted by Crippen LogP contribution is 2.06. The van der Waals surface area contributed by atoms with Gasteiger partial charge >= 0.3 is 0 Å². The summed E-state index contributed by atoms with van der Waals surface area (Å²) in [5.41, 5.74) is 1.25. The van der Waals surface area contributed by atoms with Gasteiger partial charge in [0.1, 0.15) is 5.69 Å². The monoisotopic (exact) mass is 218 g/mol. The highest BCUT2D eigenvalue weighted by Gasteiger charge is 2.12. The normalized spacial score (nSPS) is 9.31. The molecule has 0 aliphatic heterocycles. The van der Waals surface area contributed by atoms with Crippen LogP contribution in [0.1, 0.15) is 16.9 Å². The van der Waals surface area contributed by atoms with Crippen molar-refractivity contribution < 1.29 is 4.79 Å². The van der Waals surface area contributed by atoms with Crippen molar-refractivity contribution in [2.24, 2.45) is 0 Å². The van der Waals surface area contributed by atoms with Crippen molar-refractivity contribution in [2.45, 2.75) is 6.42 Å². The summed E-state index contributed by atoms with van der Waals surface area (Å²) in [6.45, 7) is 0.421. The average molecular weight is 218 g/mol. The van der Waals surface area contributed by atoms with Crippen LogP contribution in [-0.4, -0.2) is 36.4 Å². The molecule has 0 fully saturated rings. The van der Waals surface area contributed by atoms with Crippen LogP contribution >= 0.6 is 0 Å². The number of aromatic nitrogens is 1. The molecule has 0 saturated heterocycles. The maximum Gasteiger partial charge on any atom is 0.272 e. The molecular formula is C11H14N4O. The Bertz CT molecular complexity index is 393. The van der Waals surface area contributed by atoms with Crippen molar-refractivity contribution in [3.05, 3.63) is 24.0 Å². The largest absolute Gasteiger partial charge is 0.387 e. The molecule has 1 heterocycles. The number of amides is 1. The van der Waals surface area contributed by atoms with Crippen LogP contribution in [0.5, 0.6) is 0 Å². The summed E-state index contributed by atoms with van der Waals surface area (Å²) in [5, 5.41) is 11.4. The van der Waals surface area contributed by atoms with E-state index in [4.69, 9.17) is 5.26 Å². The summed E-state index contributed by atoms with van der Waals surface area (Å²) in [6, 6.07) is 5.45. The molecule has 5 nitrogen and oxygen atoms in total. The summed E-state index contributed by atoms with van der Waals surface area (Å²) in [4.78, 5) is 17.3. The van der Waals surface area contributed by atoms with Crippen molar-refractivity contribution in [1.82, 2.24) is 9.88 Å². The second-order valence-electron chi connectivity index (χ2n) is 3.32. The first kappa shape index (κ1) is 12.0. The molecule has 0 spiro atoms. The zero-order valence-electron chi connectivity index (χ0n) is 9.40. The van der Waals surface area contributed by atoms with Crippen LogP contribution in [0.2, 0.25) is 0 Å². The first-order valence-corrected chi connectivity index (χ1v) is 4.95. The molecule has 0 bridgehead atoms. The number of pyridine rings is 1. The van der Waals surface area contributed by atoms with E-state index in [1.165, 1.54) is 4.90 Å². The highest BCUT2D eigenvalue weighted by atomic mass is 16.2. The highest BCUT2D eigenvalue weighted by molar-refractivity contribution is 5.92.